The summed E-state index contributed by atoms with van der Waals surface area (Å²) in [6.45, 7) is 3.73. The summed E-state index contributed by atoms with van der Waals surface area (Å²) in [6.07, 6.45) is 0. The maximum absolute atomic E-state index is 9.96. The molecule has 0 saturated heterocycles. The predicted octanol–water partition coefficient (Wildman–Crippen LogP) is 0.261. The number of carbonyl (C=O) groups is 2. The van der Waals surface area contributed by atoms with E-state index in [1.54, 1.807) is 0 Å². The quantitative estimate of drug-likeness (QED) is 0.522. The minimum Gasteiger partial charge on any atom is -0.719 e. The largest absolute Gasteiger partial charge is 2.00 e. The van der Waals surface area contributed by atoms with Gasteiger partial charge in [-0.2, -0.15) is 0 Å². The summed E-state index contributed by atoms with van der Waals surface area (Å²) in [7, 11) is 0. The Labute approximate surface area is 93.3 Å². The summed E-state index contributed by atoms with van der Waals surface area (Å²) < 4.78 is 0. The molecule has 0 fully saturated rings. The van der Waals surface area contributed by atoms with Gasteiger partial charge in [0, 0.05) is 6.04 Å². The van der Waals surface area contributed by atoms with Gasteiger partial charge in [-0.05, 0) is 13.8 Å². The molecule has 0 bridgehead atoms. The molecule has 0 unspecified atom stereocenters. The second kappa shape index (κ2) is 10.9. The molecular formula is C5H10CuN2O2S2. The van der Waals surface area contributed by atoms with Crippen molar-refractivity contribution >= 4 is 35.7 Å². The molecule has 0 saturated carbocycles. The van der Waals surface area contributed by atoms with Gasteiger partial charge in [0.15, 0.2) is 0 Å². The first-order valence-corrected chi connectivity index (χ1v) is 3.62. The third-order valence-corrected chi connectivity index (χ3v) is 0.524. The fourth-order valence-corrected chi connectivity index (χ4v) is 0.471. The molecule has 0 rings (SSSR count). The van der Waals surface area contributed by atoms with E-state index in [-0.39, 0.29) is 28.3 Å². The average Bonchev–Trinajstić information content (AvgIpc) is 1.56. The molecule has 75 valence electrons. The van der Waals surface area contributed by atoms with E-state index in [9.17, 15) is 4.79 Å². The van der Waals surface area contributed by atoms with Gasteiger partial charge in [-0.15, -0.1) is 0 Å². The van der Waals surface area contributed by atoms with Crippen LogP contribution in [0.5, 0.6) is 0 Å². The summed E-state index contributed by atoms with van der Waals surface area (Å²) in [5, 5.41) is 1.35. The first kappa shape index (κ1) is 17.8. The molecule has 4 nitrogen and oxygen atoms in total. The van der Waals surface area contributed by atoms with Gasteiger partial charge < -0.3 is 45.9 Å². The third-order valence-electron chi connectivity index (χ3n) is 0.407. The van der Waals surface area contributed by atoms with Crippen LogP contribution in [0.15, 0.2) is 0 Å². The van der Waals surface area contributed by atoms with Crippen molar-refractivity contribution in [1.82, 2.24) is 5.32 Å². The molecule has 7 heteroatoms. The molecule has 0 aliphatic rings. The third kappa shape index (κ3) is 51.6. The normalized spacial score (nSPS) is 7.25. The van der Waals surface area contributed by atoms with Crippen molar-refractivity contribution in [3.63, 3.8) is 0 Å². The molecule has 0 spiro atoms. The van der Waals surface area contributed by atoms with Crippen LogP contribution in [-0.2, 0) is 42.3 Å². The molecule has 0 heterocycles. The number of nitrogens with one attached hydrogen (secondary N) is 1. The van der Waals surface area contributed by atoms with E-state index in [4.69, 9.17) is 4.79 Å². The van der Waals surface area contributed by atoms with E-state index in [2.05, 4.69) is 36.3 Å². The van der Waals surface area contributed by atoms with Crippen LogP contribution in [0.3, 0.4) is 0 Å². The Bertz CT molecular complexity index is 139. The SMILES string of the molecule is CC(C)NC(=O)[S-].NC(=O)[S-].[Cu+2]. The Morgan fingerprint density at radius 3 is 1.58 bits per heavy atom. The van der Waals surface area contributed by atoms with E-state index in [1.807, 2.05) is 13.8 Å². The first-order valence-electron chi connectivity index (χ1n) is 2.80. The Kier molecular flexibility index (Phi) is 16.2. The van der Waals surface area contributed by atoms with E-state index in [0.717, 1.165) is 0 Å². The first-order chi connectivity index (χ1) is 4.86. The smallest absolute Gasteiger partial charge is 0.719 e. The molecule has 12 heavy (non-hydrogen) atoms. The van der Waals surface area contributed by atoms with Crippen LogP contribution in [-0.4, -0.2) is 16.5 Å². The van der Waals surface area contributed by atoms with Gasteiger partial charge >= 0.3 is 17.1 Å². The minimum atomic E-state index is -0.750. The molecule has 1 radical (unpaired) electrons. The van der Waals surface area contributed by atoms with Gasteiger partial charge in [-0.3, -0.25) is 0 Å². The number of rotatable bonds is 1. The van der Waals surface area contributed by atoms with Crippen molar-refractivity contribution in [2.24, 2.45) is 5.73 Å². The van der Waals surface area contributed by atoms with Gasteiger partial charge in [0.2, 0.25) is 0 Å². The Morgan fingerprint density at radius 2 is 1.58 bits per heavy atom. The van der Waals surface area contributed by atoms with Gasteiger partial charge in [-0.25, -0.2) is 0 Å². The van der Waals surface area contributed by atoms with Crippen LogP contribution >= 0.6 is 0 Å². The monoisotopic (exact) mass is 257 g/mol. The maximum Gasteiger partial charge on any atom is 2.00 e. The number of primary amides is 1. The summed E-state index contributed by atoms with van der Waals surface area (Å²) >= 11 is 7.96. The zero-order chi connectivity index (χ0) is 9.44. The fourth-order valence-electron chi connectivity index (χ4n) is 0.236. The molecule has 0 aliphatic carbocycles. The van der Waals surface area contributed by atoms with Crippen LogP contribution in [0.4, 0.5) is 9.59 Å². The molecule has 0 aromatic rings. The van der Waals surface area contributed by atoms with Gasteiger partial charge in [0.25, 0.3) is 0 Å². The zero-order valence-electron chi connectivity index (χ0n) is 6.59. The van der Waals surface area contributed by atoms with Crippen molar-refractivity contribution < 1.29 is 26.7 Å². The van der Waals surface area contributed by atoms with Crippen LogP contribution in [0.25, 0.3) is 0 Å². The second-order valence-electron chi connectivity index (χ2n) is 1.91. The molecule has 2 amide bonds. The van der Waals surface area contributed by atoms with Crippen LogP contribution < -0.4 is 11.1 Å². The van der Waals surface area contributed by atoms with E-state index >= 15 is 0 Å². The number of carbonyl (C=O) groups excluding carboxylic acids is 2. The Hall–Kier alpha value is -0.101. The Morgan fingerprint density at radius 1 is 1.33 bits per heavy atom. The fraction of sp³-hybridized carbons (Fsp3) is 0.600. The van der Waals surface area contributed by atoms with Gasteiger partial charge in [0.05, 0.1) is 10.5 Å². The average molecular weight is 258 g/mol. The molecular weight excluding hydrogens is 248 g/mol. The standard InChI is InChI=1S/C4H9NOS.CH3NOS.Cu/c1-3(2)5-4(6)7;2-1(3)4;/h3H,1-2H3,(H2,5,6,7);(H3,2,3,4);/q;;+2/p-2. The van der Waals surface area contributed by atoms with E-state index in [0.29, 0.717) is 0 Å². The summed E-state index contributed by atoms with van der Waals surface area (Å²) in [6, 6.07) is 0.171. The van der Waals surface area contributed by atoms with Crippen LogP contribution in [0.1, 0.15) is 13.8 Å². The van der Waals surface area contributed by atoms with Crippen molar-refractivity contribution in [1.29, 1.82) is 0 Å². The molecule has 0 aromatic heterocycles. The topological polar surface area (TPSA) is 72.2 Å². The molecule has 3 N–H and O–H groups in total. The number of nitrogens with two attached hydrogens (primary N) is 1. The number of amides is 2. The maximum atomic E-state index is 9.96. The number of hydrogen-bond acceptors (Lipinski definition) is 4. The van der Waals surface area contributed by atoms with Crippen LogP contribution in [0.2, 0.25) is 0 Å². The van der Waals surface area contributed by atoms with Gasteiger partial charge in [0.1, 0.15) is 0 Å². The van der Waals surface area contributed by atoms with Crippen LogP contribution in [0, 0.1) is 0 Å². The van der Waals surface area contributed by atoms with E-state index < -0.39 is 5.24 Å². The summed E-state index contributed by atoms with van der Waals surface area (Å²) in [5.41, 5.74) is 4.29. The van der Waals surface area contributed by atoms with Crippen molar-refractivity contribution in [3.05, 3.63) is 0 Å². The second-order valence-corrected chi connectivity index (χ2v) is 2.68. The van der Waals surface area contributed by atoms with Gasteiger partial charge in [-0.1, -0.05) is 0 Å². The molecule has 0 atom stereocenters. The zero-order valence-corrected chi connectivity index (χ0v) is 9.16. The summed E-state index contributed by atoms with van der Waals surface area (Å²) in [4.78, 5) is 19.0. The van der Waals surface area contributed by atoms with E-state index in [1.165, 1.54) is 0 Å². The van der Waals surface area contributed by atoms with Crippen molar-refractivity contribution in [2.75, 3.05) is 0 Å². The summed E-state index contributed by atoms with van der Waals surface area (Å²) in [5.74, 6) is 0. The van der Waals surface area contributed by atoms with Crippen molar-refractivity contribution in [3.8, 4) is 0 Å². The number of hydrogen-bond donors (Lipinski definition) is 2. The predicted molar refractivity (Wildman–Crippen MR) is 48.0 cm³/mol. The van der Waals surface area contributed by atoms with Crippen molar-refractivity contribution in [2.45, 2.75) is 19.9 Å². The molecule has 0 aromatic carbocycles. The Balaban J connectivity index is -0.000000142. The molecule has 0 aliphatic heterocycles. The minimum absolute atomic E-state index is 0.